The molecular formula is C19H20F2N6O. The van der Waals surface area contributed by atoms with E-state index in [1.54, 1.807) is 12.3 Å². The molecule has 0 N–H and O–H groups in total. The van der Waals surface area contributed by atoms with Crippen LogP contribution in [0.15, 0.2) is 30.7 Å². The number of fused-ring (bicyclic) bond motifs is 1. The van der Waals surface area contributed by atoms with Gasteiger partial charge in [-0.3, -0.25) is 4.90 Å². The molecule has 0 spiro atoms. The number of nitrogens with zero attached hydrogens (tertiary/aromatic N) is 6. The van der Waals surface area contributed by atoms with Gasteiger partial charge in [0.15, 0.2) is 5.65 Å². The normalized spacial score (nSPS) is 21.3. The van der Waals surface area contributed by atoms with Gasteiger partial charge in [0.2, 0.25) is 0 Å². The molecule has 1 atom stereocenters. The van der Waals surface area contributed by atoms with Crippen LogP contribution in [0.3, 0.4) is 0 Å². The highest BCUT2D eigenvalue weighted by atomic mass is 19.3. The van der Waals surface area contributed by atoms with Gasteiger partial charge in [-0.25, -0.2) is 28.2 Å². The monoisotopic (exact) mass is 386 g/mol. The summed E-state index contributed by atoms with van der Waals surface area (Å²) in [4.78, 5) is 15.6. The molecule has 5 heterocycles. The van der Waals surface area contributed by atoms with Crippen molar-refractivity contribution < 1.29 is 13.5 Å². The molecule has 1 unspecified atom stereocenters. The summed E-state index contributed by atoms with van der Waals surface area (Å²) >= 11 is 0. The number of hydrogen-bond acceptors (Lipinski definition) is 6. The van der Waals surface area contributed by atoms with Crippen molar-refractivity contribution in [1.29, 1.82) is 0 Å². The van der Waals surface area contributed by atoms with Crippen molar-refractivity contribution >= 4 is 5.65 Å². The number of likely N-dealkylation sites (tertiary alicyclic amines) is 1. The molecule has 0 bridgehead atoms. The van der Waals surface area contributed by atoms with Gasteiger partial charge in [-0.05, 0) is 37.6 Å². The van der Waals surface area contributed by atoms with Crippen LogP contribution in [0.2, 0.25) is 0 Å². The van der Waals surface area contributed by atoms with Crippen molar-refractivity contribution in [2.45, 2.75) is 31.2 Å². The van der Waals surface area contributed by atoms with Gasteiger partial charge in [-0.15, -0.1) is 0 Å². The first-order chi connectivity index (χ1) is 13.7. The van der Waals surface area contributed by atoms with Crippen LogP contribution in [0.5, 0.6) is 0 Å². The molecule has 2 saturated heterocycles. The fourth-order valence-corrected chi connectivity index (χ4v) is 3.93. The highest BCUT2D eigenvalue weighted by Gasteiger charge is 2.31. The van der Waals surface area contributed by atoms with E-state index in [-0.39, 0.29) is 5.69 Å². The first kappa shape index (κ1) is 17.6. The van der Waals surface area contributed by atoms with Crippen molar-refractivity contribution in [1.82, 2.24) is 29.5 Å². The Labute approximate surface area is 160 Å². The van der Waals surface area contributed by atoms with E-state index in [9.17, 15) is 8.78 Å². The number of imidazole rings is 1. The highest BCUT2D eigenvalue weighted by Crippen LogP contribution is 2.30. The van der Waals surface area contributed by atoms with Crippen molar-refractivity contribution in [3.05, 3.63) is 42.1 Å². The molecule has 2 fully saturated rings. The van der Waals surface area contributed by atoms with E-state index >= 15 is 0 Å². The van der Waals surface area contributed by atoms with Crippen LogP contribution in [0.1, 0.15) is 36.6 Å². The van der Waals surface area contributed by atoms with Gasteiger partial charge in [0.05, 0.1) is 31.1 Å². The van der Waals surface area contributed by atoms with Crippen LogP contribution in [-0.4, -0.2) is 61.8 Å². The number of halogens is 2. The predicted molar refractivity (Wildman–Crippen MR) is 97.1 cm³/mol. The minimum atomic E-state index is -2.63. The van der Waals surface area contributed by atoms with Gasteiger partial charge in [-0.2, -0.15) is 5.10 Å². The first-order valence-electron chi connectivity index (χ1n) is 9.46. The molecule has 0 radical (unpaired) electrons. The maximum absolute atomic E-state index is 13.0. The molecule has 2 aliphatic rings. The second-order valence-corrected chi connectivity index (χ2v) is 7.33. The lowest BCUT2D eigenvalue weighted by Gasteiger charge is -2.41. The number of alkyl halides is 2. The van der Waals surface area contributed by atoms with Gasteiger partial charge in [-0.1, -0.05) is 0 Å². The lowest BCUT2D eigenvalue weighted by molar-refractivity contribution is -0.0723. The van der Waals surface area contributed by atoms with Crippen molar-refractivity contribution in [2.24, 2.45) is 0 Å². The van der Waals surface area contributed by atoms with Gasteiger partial charge < -0.3 is 4.74 Å². The first-order valence-corrected chi connectivity index (χ1v) is 9.46. The fraction of sp³-hybridized carbons (Fsp3) is 0.474. The third-order valence-corrected chi connectivity index (χ3v) is 5.57. The quantitative estimate of drug-likeness (QED) is 0.687. The smallest absolute Gasteiger partial charge is 0.282 e. The van der Waals surface area contributed by atoms with Crippen molar-refractivity contribution in [3.63, 3.8) is 0 Å². The zero-order valence-corrected chi connectivity index (χ0v) is 15.2. The second kappa shape index (κ2) is 7.14. The number of hydrogen-bond donors (Lipinski definition) is 0. The molecule has 146 valence electrons. The minimum Gasteiger partial charge on any atom is -0.378 e. The summed E-state index contributed by atoms with van der Waals surface area (Å²) in [5.74, 6) is 0.319. The molecular weight excluding hydrogens is 366 g/mol. The summed E-state index contributed by atoms with van der Waals surface area (Å²) in [7, 11) is 0. The van der Waals surface area contributed by atoms with E-state index in [0.717, 1.165) is 44.8 Å². The fourth-order valence-electron chi connectivity index (χ4n) is 3.93. The van der Waals surface area contributed by atoms with E-state index in [0.29, 0.717) is 29.0 Å². The third kappa shape index (κ3) is 3.14. The van der Waals surface area contributed by atoms with E-state index in [2.05, 4.69) is 25.0 Å². The summed E-state index contributed by atoms with van der Waals surface area (Å²) in [5, 5.41) is 4.03. The Balaban J connectivity index is 1.45. The van der Waals surface area contributed by atoms with Gasteiger partial charge in [0.25, 0.3) is 6.43 Å². The number of aromatic nitrogens is 5. The Morgan fingerprint density at radius 1 is 1.14 bits per heavy atom. The molecule has 7 nitrogen and oxygen atoms in total. The molecule has 5 rings (SSSR count). The summed E-state index contributed by atoms with van der Waals surface area (Å²) in [6.45, 7) is 3.66. The highest BCUT2D eigenvalue weighted by molar-refractivity contribution is 5.59. The van der Waals surface area contributed by atoms with Crippen LogP contribution in [0, 0.1) is 0 Å². The Hall–Kier alpha value is -2.52. The Morgan fingerprint density at radius 3 is 2.82 bits per heavy atom. The lowest BCUT2D eigenvalue weighted by atomic mass is 9.92. The van der Waals surface area contributed by atoms with Crippen LogP contribution in [0.25, 0.3) is 17.0 Å². The van der Waals surface area contributed by atoms with Crippen LogP contribution in [0.4, 0.5) is 8.78 Å². The Bertz CT molecular complexity index is 989. The topological polar surface area (TPSA) is 68.4 Å². The molecule has 0 aromatic carbocycles. The minimum absolute atomic E-state index is 0.285. The molecule has 9 heteroatoms. The zero-order valence-electron chi connectivity index (χ0n) is 15.2. The molecule has 3 aromatic heterocycles. The summed E-state index contributed by atoms with van der Waals surface area (Å²) < 4.78 is 32.8. The van der Waals surface area contributed by atoms with E-state index in [1.807, 2.05) is 6.07 Å². The van der Waals surface area contributed by atoms with E-state index in [1.165, 1.54) is 16.9 Å². The Kier molecular flexibility index (Phi) is 4.48. The van der Waals surface area contributed by atoms with Gasteiger partial charge >= 0.3 is 0 Å². The maximum atomic E-state index is 13.0. The predicted octanol–water partition coefficient (Wildman–Crippen LogP) is 2.70. The average Bonchev–Trinajstić information content (AvgIpc) is 3.10. The number of ether oxygens (including phenoxy) is 1. The average molecular weight is 386 g/mol. The largest absolute Gasteiger partial charge is 0.378 e. The molecule has 0 amide bonds. The summed E-state index contributed by atoms with van der Waals surface area (Å²) in [5.41, 5.74) is 2.41. The van der Waals surface area contributed by atoms with Gasteiger partial charge in [0, 0.05) is 18.2 Å². The maximum Gasteiger partial charge on any atom is 0.282 e. The van der Waals surface area contributed by atoms with E-state index < -0.39 is 6.43 Å². The number of piperidine rings is 1. The van der Waals surface area contributed by atoms with E-state index in [4.69, 9.17) is 4.74 Å². The molecule has 3 aromatic rings. The van der Waals surface area contributed by atoms with Crippen molar-refractivity contribution in [3.8, 4) is 11.4 Å². The van der Waals surface area contributed by atoms with Gasteiger partial charge in [0.1, 0.15) is 17.7 Å². The van der Waals surface area contributed by atoms with Crippen molar-refractivity contribution in [2.75, 3.05) is 26.3 Å². The summed E-state index contributed by atoms with van der Waals surface area (Å²) in [6.07, 6.45) is 2.70. The molecule has 0 saturated carbocycles. The SMILES string of the molecule is FC(F)c1ccc2ncc(-c3cc(C4CCCN(C5COC5)C4)ncn3)n2n1. The zero-order chi connectivity index (χ0) is 19.1. The van der Waals surface area contributed by atoms with Crippen LogP contribution in [-0.2, 0) is 4.74 Å². The Morgan fingerprint density at radius 2 is 2.04 bits per heavy atom. The standard InChI is InChI=1S/C19H20F2N6O/c20-19(21)14-3-4-18-22-7-17(27(18)25-14)16-6-15(23-11-24-16)12-2-1-5-26(8-12)13-9-28-10-13/h3-4,6-7,11-13,19H,1-2,5,8-10H2. The van der Waals surface area contributed by atoms with Crippen LogP contribution < -0.4 is 0 Å². The molecule has 0 aliphatic carbocycles. The molecule has 2 aliphatic heterocycles. The third-order valence-electron chi connectivity index (χ3n) is 5.57. The van der Waals surface area contributed by atoms with Crippen LogP contribution >= 0.6 is 0 Å². The summed E-state index contributed by atoms with van der Waals surface area (Å²) in [6, 6.07) is 5.29. The lowest BCUT2D eigenvalue weighted by Crippen LogP contribution is -2.52. The molecule has 28 heavy (non-hydrogen) atoms. The number of rotatable bonds is 4. The second-order valence-electron chi connectivity index (χ2n) is 7.33.